The van der Waals surface area contributed by atoms with Crippen molar-refractivity contribution in [2.45, 2.75) is 28.9 Å². The third-order valence-electron chi connectivity index (χ3n) is 3.79. The van der Waals surface area contributed by atoms with E-state index in [1.165, 1.54) is 47.0 Å². The van der Waals surface area contributed by atoms with Crippen LogP contribution in [0.2, 0.25) is 0 Å². The molecule has 0 bridgehead atoms. The van der Waals surface area contributed by atoms with Crippen molar-refractivity contribution in [2.75, 3.05) is 10.0 Å². The first-order valence-corrected chi connectivity index (χ1v) is 11.6. The number of sulfonamides is 1. The van der Waals surface area contributed by atoms with Gasteiger partial charge in [0.15, 0.2) is 5.13 Å². The number of aryl methyl sites for hydroxylation is 1. The zero-order valence-corrected chi connectivity index (χ0v) is 17.7. The number of aromatic nitrogens is 1. The van der Waals surface area contributed by atoms with Crippen LogP contribution in [0.5, 0.6) is 0 Å². The molecule has 1 heterocycles. The Morgan fingerprint density at radius 1 is 1.11 bits per heavy atom. The van der Waals surface area contributed by atoms with Gasteiger partial charge in [0.25, 0.3) is 10.0 Å². The highest BCUT2D eigenvalue weighted by atomic mass is 32.2. The SMILES string of the molecule is Cc1ccc(SC(C)C(=O)Nc2ccc(S(=O)(=O)Nc3nccs3)cc2)cc1. The fourth-order valence-electron chi connectivity index (χ4n) is 2.28. The fourth-order valence-corrected chi connectivity index (χ4v) is 4.94. The Morgan fingerprint density at radius 3 is 2.39 bits per heavy atom. The van der Waals surface area contributed by atoms with Crippen molar-refractivity contribution in [2.24, 2.45) is 0 Å². The summed E-state index contributed by atoms with van der Waals surface area (Å²) in [5.41, 5.74) is 1.70. The van der Waals surface area contributed by atoms with Gasteiger partial charge >= 0.3 is 0 Å². The monoisotopic (exact) mass is 433 g/mol. The molecule has 0 aliphatic rings. The lowest BCUT2D eigenvalue weighted by atomic mass is 10.2. The first-order chi connectivity index (χ1) is 13.3. The van der Waals surface area contributed by atoms with Gasteiger partial charge in [-0.05, 0) is 50.2 Å². The third kappa shape index (κ3) is 5.34. The van der Waals surface area contributed by atoms with E-state index in [9.17, 15) is 13.2 Å². The fraction of sp³-hybridized carbons (Fsp3) is 0.158. The summed E-state index contributed by atoms with van der Waals surface area (Å²) >= 11 is 2.67. The van der Waals surface area contributed by atoms with E-state index in [4.69, 9.17) is 0 Å². The van der Waals surface area contributed by atoms with Crippen molar-refractivity contribution < 1.29 is 13.2 Å². The number of hydrogen-bond acceptors (Lipinski definition) is 6. The molecule has 0 aliphatic carbocycles. The number of anilines is 2. The first kappa shape index (κ1) is 20.4. The van der Waals surface area contributed by atoms with E-state index < -0.39 is 10.0 Å². The number of hydrogen-bond donors (Lipinski definition) is 2. The molecule has 9 heteroatoms. The van der Waals surface area contributed by atoms with Gasteiger partial charge in [0.1, 0.15) is 0 Å². The maximum Gasteiger partial charge on any atom is 0.263 e. The first-order valence-electron chi connectivity index (χ1n) is 8.40. The van der Waals surface area contributed by atoms with Crippen LogP contribution in [-0.4, -0.2) is 24.6 Å². The molecule has 0 spiro atoms. The Balaban J connectivity index is 1.61. The number of rotatable bonds is 7. The van der Waals surface area contributed by atoms with Crippen LogP contribution in [0.15, 0.2) is 69.9 Å². The third-order valence-corrected chi connectivity index (χ3v) is 7.07. The van der Waals surface area contributed by atoms with Crippen molar-refractivity contribution in [1.82, 2.24) is 4.98 Å². The molecule has 3 aromatic rings. The average Bonchev–Trinajstić information content (AvgIpc) is 3.16. The van der Waals surface area contributed by atoms with E-state index in [1.807, 2.05) is 38.1 Å². The van der Waals surface area contributed by atoms with Crippen LogP contribution in [0.1, 0.15) is 12.5 Å². The molecule has 3 rings (SSSR count). The molecule has 0 saturated carbocycles. The minimum atomic E-state index is -3.71. The van der Waals surface area contributed by atoms with Crippen LogP contribution in [0.4, 0.5) is 10.8 Å². The highest BCUT2D eigenvalue weighted by molar-refractivity contribution is 8.00. The zero-order chi connectivity index (χ0) is 20.1. The van der Waals surface area contributed by atoms with Crippen LogP contribution >= 0.6 is 23.1 Å². The summed E-state index contributed by atoms with van der Waals surface area (Å²) < 4.78 is 27.1. The Morgan fingerprint density at radius 2 is 1.79 bits per heavy atom. The number of carbonyl (C=O) groups is 1. The number of carbonyl (C=O) groups excluding carboxylic acids is 1. The smallest absolute Gasteiger partial charge is 0.263 e. The summed E-state index contributed by atoms with van der Waals surface area (Å²) in [6, 6.07) is 14.0. The van der Waals surface area contributed by atoms with Crippen molar-refractivity contribution in [3.63, 3.8) is 0 Å². The van der Waals surface area contributed by atoms with E-state index >= 15 is 0 Å². The Labute approximate surface area is 172 Å². The summed E-state index contributed by atoms with van der Waals surface area (Å²) in [7, 11) is -3.71. The van der Waals surface area contributed by atoms with Crippen molar-refractivity contribution >= 4 is 49.8 Å². The number of nitrogens with one attached hydrogen (secondary N) is 2. The van der Waals surface area contributed by atoms with Gasteiger partial charge in [-0.1, -0.05) is 17.7 Å². The summed E-state index contributed by atoms with van der Waals surface area (Å²) in [6.07, 6.45) is 1.52. The van der Waals surface area contributed by atoms with Gasteiger partial charge in [0, 0.05) is 22.2 Å². The van der Waals surface area contributed by atoms with Gasteiger partial charge in [-0.25, -0.2) is 13.4 Å². The molecular formula is C19H19N3O3S3. The van der Waals surface area contributed by atoms with Gasteiger partial charge in [-0.15, -0.1) is 23.1 Å². The van der Waals surface area contributed by atoms with Crippen molar-refractivity contribution in [3.8, 4) is 0 Å². The maximum atomic E-state index is 12.4. The van der Waals surface area contributed by atoms with Crippen molar-refractivity contribution in [3.05, 3.63) is 65.7 Å². The van der Waals surface area contributed by atoms with Crippen LogP contribution < -0.4 is 10.0 Å². The normalized spacial score (nSPS) is 12.4. The van der Waals surface area contributed by atoms with E-state index in [0.717, 1.165) is 4.90 Å². The molecular weight excluding hydrogens is 414 g/mol. The second-order valence-corrected chi connectivity index (χ2v) is 10.0. The Hall–Kier alpha value is -2.36. The number of nitrogens with zero attached hydrogens (tertiary/aromatic N) is 1. The molecule has 0 aliphatic heterocycles. The Kier molecular flexibility index (Phi) is 6.38. The summed E-state index contributed by atoms with van der Waals surface area (Å²) in [6.45, 7) is 3.84. The number of amides is 1. The second-order valence-electron chi connectivity index (χ2n) is 6.03. The van der Waals surface area contributed by atoms with Crippen LogP contribution in [0.25, 0.3) is 0 Å². The van der Waals surface area contributed by atoms with E-state index in [-0.39, 0.29) is 16.1 Å². The second kappa shape index (κ2) is 8.76. The van der Waals surface area contributed by atoms with Crippen LogP contribution in [-0.2, 0) is 14.8 Å². The molecule has 28 heavy (non-hydrogen) atoms. The number of thiazole rings is 1. The average molecular weight is 434 g/mol. The largest absolute Gasteiger partial charge is 0.325 e. The summed E-state index contributed by atoms with van der Waals surface area (Å²) in [4.78, 5) is 17.4. The Bertz CT molecular complexity index is 1030. The summed E-state index contributed by atoms with van der Waals surface area (Å²) in [5, 5.41) is 4.51. The summed E-state index contributed by atoms with van der Waals surface area (Å²) in [5.74, 6) is -0.151. The van der Waals surface area contributed by atoms with Gasteiger partial charge in [0.05, 0.1) is 10.1 Å². The van der Waals surface area contributed by atoms with E-state index in [1.54, 1.807) is 17.5 Å². The molecule has 0 saturated heterocycles. The lowest BCUT2D eigenvalue weighted by molar-refractivity contribution is -0.115. The predicted octanol–water partition coefficient (Wildman–Crippen LogP) is 4.37. The van der Waals surface area contributed by atoms with Crippen LogP contribution in [0, 0.1) is 6.92 Å². The maximum absolute atomic E-state index is 12.4. The van der Waals surface area contributed by atoms with E-state index in [2.05, 4.69) is 15.0 Å². The topological polar surface area (TPSA) is 88.2 Å². The minimum Gasteiger partial charge on any atom is -0.325 e. The minimum absolute atomic E-state index is 0.0998. The predicted molar refractivity (Wildman–Crippen MR) is 114 cm³/mol. The highest BCUT2D eigenvalue weighted by Crippen LogP contribution is 2.25. The molecule has 0 radical (unpaired) electrons. The quantitative estimate of drug-likeness (QED) is 0.540. The highest BCUT2D eigenvalue weighted by Gasteiger charge is 2.17. The van der Waals surface area contributed by atoms with Crippen LogP contribution in [0.3, 0.4) is 0 Å². The molecule has 0 fully saturated rings. The molecule has 2 N–H and O–H groups in total. The molecule has 1 unspecified atom stereocenters. The van der Waals surface area contributed by atoms with Gasteiger partial charge in [0.2, 0.25) is 5.91 Å². The zero-order valence-electron chi connectivity index (χ0n) is 15.2. The standard InChI is InChI=1S/C19H19N3O3S3/c1-13-3-7-16(8-4-13)27-14(2)18(23)21-15-5-9-17(10-6-15)28(24,25)22-19-20-11-12-26-19/h3-12,14H,1-2H3,(H,20,22)(H,21,23). The lowest BCUT2D eigenvalue weighted by Crippen LogP contribution is -2.22. The van der Waals surface area contributed by atoms with Crippen molar-refractivity contribution in [1.29, 1.82) is 0 Å². The molecule has 2 aromatic carbocycles. The molecule has 1 aromatic heterocycles. The van der Waals surface area contributed by atoms with E-state index in [0.29, 0.717) is 10.8 Å². The van der Waals surface area contributed by atoms with Gasteiger partial charge in [-0.3, -0.25) is 9.52 Å². The number of thioether (sulfide) groups is 1. The van der Waals surface area contributed by atoms with Gasteiger partial charge < -0.3 is 5.32 Å². The lowest BCUT2D eigenvalue weighted by Gasteiger charge is -2.13. The molecule has 6 nitrogen and oxygen atoms in total. The molecule has 1 atom stereocenters. The van der Waals surface area contributed by atoms with Gasteiger partial charge in [-0.2, -0.15) is 0 Å². The molecule has 1 amide bonds. The molecule has 146 valence electrons. The number of benzene rings is 2.